The van der Waals surface area contributed by atoms with Crippen LogP contribution in [0.1, 0.15) is 27.2 Å². The topological polar surface area (TPSA) is 173 Å². The standard InChI is InChI=1S/C28H55N5O10/c1-6-31(21-26(37)29(4)11-16-41-18-13-34)9-10-32(23-28(39)40)20-25(8-15-43-24(3)36)33(7-2)22-27(38)30(5)12-17-42-19-14-35/h25,34-35H,6-23H2,1-5H3,(H,39,40). The van der Waals surface area contributed by atoms with Gasteiger partial charge in [-0.3, -0.25) is 33.9 Å². The first-order chi connectivity index (χ1) is 20.5. The van der Waals surface area contributed by atoms with Gasteiger partial charge in [0.15, 0.2) is 0 Å². The van der Waals surface area contributed by atoms with Crippen LogP contribution in [-0.2, 0) is 33.4 Å². The maximum Gasteiger partial charge on any atom is 0.317 e. The molecule has 0 spiro atoms. The van der Waals surface area contributed by atoms with E-state index in [0.29, 0.717) is 65.4 Å². The molecular weight excluding hydrogens is 566 g/mol. The van der Waals surface area contributed by atoms with E-state index in [2.05, 4.69) is 0 Å². The van der Waals surface area contributed by atoms with Gasteiger partial charge in [-0.25, -0.2) is 0 Å². The second-order valence-electron chi connectivity index (χ2n) is 10.1. The molecular formula is C28H55N5O10. The highest BCUT2D eigenvalue weighted by Gasteiger charge is 2.25. The number of esters is 1. The SMILES string of the molecule is CCN(CCN(CC(=O)O)CC(CCOC(C)=O)N(CC)CC(=O)N(C)CCOCCO)CC(=O)N(C)CCOCCO. The van der Waals surface area contributed by atoms with Gasteiger partial charge in [0.05, 0.1) is 65.9 Å². The molecule has 0 aliphatic heterocycles. The number of amides is 2. The second kappa shape index (κ2) is 25.0. The molecule has 43 heavy (non-hydrogen) atoms. The van der Waals surface area contributed by atoms with Crippen molar-refractivity contribution in [3.63, 3.8) is 0 Å². The minimum atomic E-state index is -0.998. The molecule has 1 atom stereocenters. The van der Waals surface area contributed by atoms with Crippen LogP contribution in [0.2, 0.25) is 0 Å². The molecule has 0 fully saturated rings. The van der Waals surface area contributed by atoms with Crippen LogP contribution in [0.25, 0.3) is 0 Å². The van der Waals surface area contributed by atoms with E-state index in [4.69, 9.17) is 24.4 Å². The predicted molar refractivity (Wildman–Crippen MR) is 160 cm³/mol. The highest BCUT2D eigenvalue weighted by molar-refractivity contribution is 5.78. The number of rotatable bonds is 27. The number of hydrogen-bond donors (Lipinski definition) is 3. The highest BCUT2D eigenvalue weighted by atomic mass is 16.5. The lowest BCUT2D eigenvalue weighted by Crippen LogP contribution is -2.51. The Labute approximate surface area is 256 Å². The average Bonchev–Trinajstić information content (AvgIpc) is 2.96. The molecule has 15 nitrogen and oxygen atoms in total. The lowest BCUT2D eigenvalue weighted by molar-refractivity contribution is -0.142. The van der Waals surface area contributed by atoms with Gasteiger partial charge >= 0.3 is 11.9 Å². The molecule has 15 heteroatoms. The Hall–Kier alpha value is -2.40. The summed E-state index contributed by atoms with van der Waals surface area (Å²) in [6, 6.07) is -0.284. The van der Waals surface area contributed by atoms with Gasteiger partial charge < -0.3 is 39.3 Å². The van der Waals surface area contributed by atoms with E-state index in [1.165, 1.54) is 6.92 Å². The van der Waals surface area contributed by atoms with Crippen molar-refractivity contribution in [3.05, 3.63) is 0 Å². The molecule has 3 N–H and O–H groups in total. The summed E-state index contributed by atoms with van der Waals surface area (Å²) in [6.07, 6.45) is 0.402. The number of carboxylic acids is 1. The molecule has 2 amide bonds. The number of aliphatic hydroxyl groups is 2. The summed E-state index contributed by atoms with van der Waals surface area (Å²) in [5.41, 5.74) is 0. The van der Waals surface area contributed by atoms with Crippen LogP contribution >= 0.6 is 0 Å². The first kappa shape index (κ1) is 40.6. The molecule has 1 unspecified atom stereocenters. The Morgan fingerprint density at radius 1 is 0.698 bits per heavy atom. The van der Waals surface area contributed by atoms with Crippen molar-refractivity contribution in [3.8, 4) is 0 Å². The van der Waals surface area contributed by atoms with Crippen LogP contribution in [0, 0.1) is 0 Å². The smallest absolute Gasteiger partial charge is 0.317 e. The number of carbonyl (C=O) groups is 4. The molecule has 0 bridgehead atoms. The van der Waals surface area contributed by atoms with E-state index in [1.54, 1.807) is 28.8 Å². The van der Waals surface area contributed by atoms with E-state index in [0.717, 1.165) is 0 Å². The highest BCUT2D eigenvalue weighted by Crippen LogP contribution is 2.10. The van der Waals surface area contributed by atoms with E-state index in [1.807, 2.05) is 23.6 Å². The zero-order valence-corrected chi connectivity index (χ0v) is 26.7. The zero-order valence-electron chi connectivity index (χ0n) is 26.7. The summed E-state index contributed by atoms with van der Waals surface area (Å²) in [4.78, 5) is 57.6. The molecule has 0 aliphatic carbocycles. The van der Waals surface area contributed by atoms with Gasteiger partial charge in [-0.15, -0.1) is 0 Å². The van der Waals surface area contributed by atoms with Gasteiger partial charge in [-0.05, 0) is 19.5 Å². The van der Waals surface area contributed by atoms with Crippen LogP contribution in [0.5, 0.6) is 0 Å². The molecule has 0 rings (SSSR count). The fourth-order valence-corrected chi connectivity index (χ4v) is 4.18. The molecule has 0 aliphatic rings. The lowest BCUT2D eigenvalue weighted by Gasteiger charge is -2.35. The van der Waals surface area contributed by atoms with E-state index in [-0.39, 0.29) is 70.5 Å². The average molecular weight is 622 g/mol. The molecule has 0 heterocycles. The third kappa shape index (κ3) is 20.2. The van der Waals surface area contributed by atoms with Crippen molar-refractivity contribution in [2.75, 3.05) is 126 Å². The Bertz CT molecular complexity index is 791. The van der Waals surface area contributed by atoms with Crippen molar-refractivity contribution in [2.24, 2.45) is 0 Å². The lowest BCUT2D eigenvalue weighted by atomic mass is 10.1. The van der Waals surface area contributed by atoms with Crippen LogP contribution in [-0.4, -0.2) is 195 Å². The Kier molecular flexibility index (Phi) is 23.6. The second-order valence-corrected chi connectivity index (χ2v) is 10.1. The third-order valence-corrected chi connectivity index (χ3v) is 6.85. The minimum Gasteiger partial charge on any atom is -0.480 e. The predicted octanol–water partition coefficient (Wildman–Crippen LogP) is -1.73. The van der Waals surface area contributed by atoms with Gasteiger partial charge in [-0.2, -0.15) is 0 Å². The fourth-order valence-electron chi connectivity index (χ4n) is 4.18. The van der Waals surface area contributed by atoms with Crippen LogP contribution < -0.4 is 0 Å². The Morgan fingerprint density at radius 2 is 1.23 bits per heavy atom. The summed E-state index contributed by atoms with van der Waals surface area (Å²) in [5.74, 6) is -1.66. The van der Waals surface area contributed by atoms with Crippen LogP contribution in [0.15, 0.2) is 0 Å². The quantitative estimate of drug-likeness (QED) is 0.0699. The minimum absolute atomic E-state index is 0.0797. The number of carboxylic acid groups (broad SMARTS) is 1. The molecule has 0 aromatic rings. The summed E-state index contributed by atoms with van der Waals surface area (Å²) >= 11 is 0. The van der Waals surface area contributed by atoms with E-state index < -0.39 is 11.9 Å². The normalized spacial score (nSPS) is 12.1. The van der Waals surface area contributed by atoms with Gasteiger partial charge in [0.2, 0.25) is 11.8 Å². The molecule has 252 valence electrons. The summed E-state index contributed by atoms with van der Waals surface area (Å²) in [6.45, 7) is 9.12. The first-order valence-corrected chi connectivity index (χ1v) is 14.9. The molecule has 0 aromatic carbocycles. The summed E-state index contributed by atoms with van der Waals surface area (Å²) < 4.78 is 15.7. The van der Waals surface area contributed by atoms with Crippen LogP contribution in [0.4, 0.5) is 0 Å². The maximum atomic E-state index is 13.0. The molecule has 0 aromatic heterocycles. The zero-order chi connectivity index (χ0) is 32.6. The summed E-state index contributed by atoms with van der Waals surface area (Å²) in [5, 5.41) is 27.3. The first-order valence-electron chi connectivity index (χ1n) is 14.9. The molecule has 0 saturated carbocycles. The van der Waals surface area contributed by atoms with E-state index >= 15 is 0 Å². The number of ether oxygens (including phenoxy) is 3. The van der Waals surface area contributed by atoms with Crippen molar-refractivity contribution >= 4 is 23.8 Å². The molecule has 0 radical (unpaired) electrons. The van der Waals surface area contributed by atoms with Crippen LogP contribution in [0.3, 0.4) is 0 Å². The monoisotopic (exact) mass is 621 g/mol. The number of carbonyl (C=O) groups excluding carboxylic acids is 3. The van der Waals surface area contributed by atoms with Crippen molar-refractivity contribution in [1.82, 2.24) is 24.5 Å². The number of nitrogens with zero attached hydrogens (tertiary/aromatic N) is 5. The number of aliphatic carboxylic acids is 1. The number of hydrogen-bond acceptors (Lipinski definition) is 12. The van der Waals surface area contributed by atoms with Crippen molar-refractivity contribution in [1.29, 1.82) is 0 Å². The van der Waals surface area contributed by atoms with Gasteiger partial charge in [-0.1, -0.05) is 13.8 Å². The van der Waals surface area contributed by atoms with Gasteiger partial charge in [0.25, 0.3) is 0 Å². The Balaban J connectivity index is 5.43. The largest absolute Gasteiger partial charge is 0.480 e. The maximum absolute atomic E-state index is 13.0. The number of likely N-dealkylation sites (N-methyl/N-ethyl adjacent to an activating group) is 4. The fraction of sp³-hybridized carbons (Fsp3) is 0.857. The van der Waals surface area contributed by atoms with E-state index in [9.17, 15) is 24.3 Å². The molecule has 0 saturated heterocycles. The van der Waals surface area contributed by atoms with Crippen molar-refractivity contribution < 1.29 is 48.7 Å². The number of aliphatic hydroxyl groups excluding tert-OH is 2. The van der Waals surface area contributed by atoms with Gasteiger partial charge in [0, 0.05) is 59.8 Å². The van der Waals surface area contributed by atoms with Crippen molar-refractivity contribution in [2.45, 2.75) is 33.2 Å². The third-order valence-electron chi connectivity index (χ3n) is 6.85. The Morgan fingerprint density at radius 3 is 1.70 bits per heavy atom. The van der Waals surface area contributed by atoms with Gasteiger partial charge in [0.1, 0.15) is 0 Å². The summed E-state index contributed by atoms with van der Waals surface area (Å²) in [7, 11) is 3.35.